The van der Waals surface area contributed by atoms with Crippen LogP contribution in [0, 0.1) is 0 Å². The second-order valence-corrected chi connectivity index (χ2v) is 25.6. The van der Waals surface area contributed by atoms with E-state index in [4.69, 9.17) is 21.9 Å². The van der Waals surface area contributed by atoms with Gasteiger partial charge in [-0.1, -0.05) is 18.2 Å². The van der Waals surface area contributed by atoms with Crippen molar-refractivity contribution in [2.45, 2.75) is 29.4 Å². The third-order valence-electron chi connectivity index (χ3n) is 10.0. The minimum absolute atomic E-state index is 0.158. The fourth-order valence-corrected chi connectivity index (χ4v) is 12.0. The van der Waals surface area contributed by atoms with Crippen LogP contribution in [0.2, 0.25) is 5.28 Å². The van der Waals surface area contributed by atoms with Crippen LogP contribution in [0.1, 0.15) is 0 Å². The van der Waals surface area contributed by atoms with Crippen LogP contribution >= 0.6 is 11.6 Å². The van der Waals surface area contributed by atoms with Gasteiger partial charge in [0.1, 0.15) is 47.2 Å². The number of halogens is 1. The number of aromatic hydroxyl groups is 1. The Hall–Kier alpha value is -7.09. The number of anilines is 5. The molecule has 77 heavy (non-hydrogen) atoms. The Morgan fingerprint density at radius 2 is 1.08 bits per heavy atom. The van der Waals surface area contributed by atoms with Crippen LogP contribution in [0.4, 0.5) is 51.7 Å². The number of nitrogen functional groups attached to an aromatic ring is 1. The van der Waals surface area contributed by atoms with E-state index in [0.29, 0.717) is 12.1 Å². The highest BCUT2D eigenvalue weighted by Crippen LogP contribution is 2.49. The van der Waals surface area contributed by atoms with E-state index in [0.717, 1.165) is 60.7 Å². The molecule has 40 heteroatoms. The predicted octanol–water partition coefficient (Wildman–Crippen LogP) is 5.26. The number of hydrogen-bond acceptors (Lipinski definition) is 26. The number of rotatable bonds is 18. The van der Waals surface area contributed by atoms with Crippen LogP contribution in [0.25, 0.3) is 21.5 Å². The van der Waals surface area contributed by atoms with Crippen LogP contribution in [0.5, 0.6) is 5.75 Å². The molecule has 0 saturated heterocycles. The van der Waals surface area contributed by atoms with E-state index in [1.54, 1.807) is 0 Å². The van der Waals surface area contributed by atoms with E-state index in [2.05, 4.69) is 50.2 Å². The SMILES string of the molecule is Nc1c(N=Nc2ccc3c(S(=O)(=O)O)cccc3c2S(=O)(=O)O)c(S(=O)(=O)O)cc2cc(S(=O)(=O)O)c(N=Nc3cc(Nc4nc(Cl)nc(Nc5ccc(S(=O)(=O)CCOS(=O)(=O)O)cc5)n4)ccc3S(=O)(=O)O)c(O)c12. The zero-order valence-corrected chi connectivity index (χ0v) is 43.7. The minimum atomic E-state index is -5.57. The number of benzene rings is 6. The number of sulfone groups is 1. The van der Waals surface area contributed by atoms with Crippen molar-refractivity contribution in [1.82, 2.24) is 15.0 Å². The number of fused-ring (bicyclic) bond motifs is 2. The molecule has 0 spiro atoms. The first-order valence-electron chi connectivity index (χ1n) is 19.9. The maximum atomic E-state index is 12.8. The van der Waals surface area contributed by atoms with Crippen molar-refractivity contribution in [3.63, 3.8) is 0 Å². The van der Waals surface area contributed by atoms with E-state index >= 15 is 0 Å². The van der Waals surface area contributed by atoms with Gasteiger partial charge in [0.05, 0.1) is 28.3 Å². The molecule has 0 atom stereocenters. The summed E-state index contributed by atoms with van der Waals surface area (Å²) >= 11 is 6.10. The second kappa shape index (κ2) is 20.7. The summed E-state index contributed by atoms with van der Waals surface area (Å²) in [6, 6.07) is 12.8. The maximum absolute atomic E-state index is 12.8. The molecule has 7 aromatic rings. The molecule has 0 amide bonds. The Kier molecular flexibility index (Phi) is 15.5. The smallest absolute Gasteiger partial charge is 0.397 e. The summed E-state index contributed by atoms with van der Waals surface area (Å²) in [7, 11) is -35.8. The fraction of sp³-hybridized carbons (Fsp3) is 0.0541. The normalized spacial score (nSPS) is 13.2. The largest absolute Gasteiger partial charge is 0.505 e. The van der Waals surface area contributed by atoms with E-state index in [9.17, 15) is 86.8 Å². The number of azo groups is 2. The fourth-order valence-electron chi connectivity index (χ4n) is 6.90. The van der Waals surface area contributed by atoms with Gasteiger partial charge in [0.2, 0.25) is 17.2 Å². The van der Waals surface area contributed by atoms with Crippen LogP contribution in [0.3, 0.4) is 0 Å². The molecule has 0 aliphatic rings. The Morgan fingerprint density at radius 1 is 0.545 bits per heavy atom. The number of hydrogen-bond donors (Lipinski definition) is 10. The molecular weight excluding hydrogens is 1200 g/mol. The lowest BCUT2D eigenvalue weighted by Crippen LogP contribution is -2.15. The van der Waals surface area contributed by atoms with E-state index in [1.165, 1.54) is 12.1 Å². The quantitative estimate of drug-likeness (QED) is 0.0297. The summed E-state index contributed by atoms with van der Waals surface area (Å²) < 4.78 is 235. The molecule has 7 rings (SSSR count). The standard InChI is InChI=1S/C37H29ClN10O22S7/c38-35-42-36(40-18-4-7-20(8-5-18)71(50,51)13-12-70-77(67,68)69)44-37(43-35)41-19-6-11-26(73(55,56)57)24(16-19)46-48-32-28(75(61,62)63)15-17-14-27(74(58,59)60)31(30(39)29(17)33(32)49)47-45-23-10-9-21-22(34(23)76(64,65)66)2-1-3-25(21)72(52,53)54/h1-11,14-16,49H,12-13,39H2,(H,52,53,54)(H,55,56,57)(H,58,59,60)(H,61,62,63)(H,64,65,66)(H,67,68,69)(H2,40,41,42,43,44). The molecular formula is C37H29ClN10O22S7. The summed E-state index contributed by atoms with van der Waals surface area (Å²) in [5, 5.41) is 28.5. The first-order chi connectivity index (χ1) is 35.4. The van der Waals surface area contributed by atoms with Crippen molar-refractivity contribution in [3.8, 4) is 5.75 Å². The zero-order valence-electron chi connectivity index (χ0n) is 37.2. The Bertz CT molecular complexity index is 4540. The first kappa shape index (κ1) is 57.6. The number of nitrogens with zero attached hydrogens (tertiary/aromatic N) is 7. The van der Waals surface area contributed by atoms with Gasteiger partial charge in [0.25, 0.3) is 50.6 Å². The van der Waals surface area contributed by atoms with Crippen molar-refractivity contribution < 1.29 is 95.5 Å². The molecule has 0 bridgehead atoms. The van der Waals surface area contributed by atoms with Crippen molar-refractivity contribution in [3.05, 3.63) is 90.2 Å². The summed E-state index contributed by atoms with van der Waals surface area (Å²) in [5.74, 6) is -2.89. The number of aromatic nitrogens is 3. The van der Waals surface area contributed by atoms with Crippen molar-refractivity contribution in [1.29, 1.82) is 0 Å². The van der Waals surface area contributed by atoms with Gasteiger partial charge in [-0.3, -0.25) is 27.3 Å². The van der Waals surface area contributed by atoms with E-state index in [1.807, 2.05) is 0 Å². The molecule has 1 aromatic heterocycles. The van der Waals surface area contributed by atoms with Gasteiger partial charge in [-0.25, -0.2) is 12.6 Å². The lowest BCUT2D eigenvalue weighted by Gasteiger charge is -2.14. The van der Waals surface area contributed by atoms with Gasteiger partial charge in [-0.2, -0.15) is 65.5 Å². The molecule has 408 valence electrons. The van der Waals surface area contributed by atoms with Crippen molar-refractivity contribution in [2.75, 3.05) is 28.7 Å². The second-order valence-electron chi connectivity index (χ2n) is 15.1. The monoisotopic (exact) mass is 1220 g/mol. The zero-order chi connectivity index (χ0) is 57.0. The molecule has 1 heterocycles. The number of phenolic OH excluding ortho intramolecular Hbond substituents is 1. The predicted molar refractivity (Wildman–Crippen MR) is 265 cm³/mol. The van der Waals surface area contributed by atoms with Crippen molar-refractivity contribution >= 4 is 156 Å². The maximum Gasteiger partial charge on any atom is 0.397 e. The van der Waals surface area contributed by atoms with Gasteiger partial charge in [-0.05, 0) is 83.7 Å². The number of nitrogens with one attached hydrogen (secondary N) is 2. The lowest BCUT2D eigenvalue weighted by molar-refractivity contribution is 0.283. The molecule has 0 radical (unpaired) electrons. The van der Waals surface area contributed by atoms with E-state index < -0.39 is 169 Å². The summed E-state index contributed by atoms with van der Waals surface area (Å²) in [5.41, 5.74) is 1.12. The van der Waals surface area contributed by atoms with Gasteiger partial charge < -0.3 is 21.5 Å². The highest BCUT2D eigenvalue weighted by Gasteiger charge is 2.30. The van der Waals surface area contributed by atoms with Crippen LogP contribution < -0.4 is 16.4 Å². The van der Waals surface area contributed by atoms with Crippen LogP contribution in [-0.2, 0) is 75.0 Å². The molecule has 32 nitrogen and oxygen atoms in total. The topological polar surface area (TPSA) is 528 Å². The summed E-state index contributed by atoms with van der Waals surface area (Å²) in [6.07, 6.45) is 0. The Balaban J connectivity index is 1.29. The average molecular weight is 1230 g/mol. The summed E-state index contributed by atoms with van der Waals surface area (Å²) in [6.45, 7) is -0.884. The Labute approximate surface area is 438 Å². The number of nitrogens with two attached hydrogens (primary N) is 1. The summed E-state index contributed by atoms with van der Waals surface area (Å²) in [4.78, 5) is 5.94. The highest BCUT2D eigenvalue weighted by atomic mass is 35.5. The number of phenols is 1. The van der Waals surface area contributed by atoms with Crippen LogP contribution in [0.15, 0.2) is 135 Å². The molecule has 0 fully saturated rings. The molecule has 0 aliphatic heterocycles. The molecule has 11 N–H and O–H groups in total. The van der Waals surface area contributed by atoms with Gasteiger partial charge in [-0.15, -0.1) is 20.5 Å². The first-order valence-corrected chi connectivity index (χ1v) is 30.4. The highest BCUT2D eigenvalue weighted by molar-refractivity contribution is 7.91. The Morgan fingerprint density at radius 3 is 1.64 bits per heavy atom. The third-order valence-corrected chi connectivity index (χ3v) is 16.8. The van der Waals surface area contributed by atoms with E-state index in [-0.39, 0.29) is 28.2 Å². The van der Waals surface area contributed by atoms with Gasteiger partial charge in [0.15, 0.2) is 15.6 Å². The molecule has 0 saturated carbocycles. The third kappa shape index (κ3) is 13.2. The molecule has 6 aromatic carbocycles. The average Bonchev–Trinajstić information content (AvgIpc) is 3.28. The van der Waals surface area contributed by atoms with Crippen molar-refractivity contribution in [2.24, 2.45) is 20.5 Å². The van der Waals surface area contributed by atoms with Crippen LogP contribution in [-0.4, -0.2) is 119 Å². The molecule has 0 unspecified atom stereocenters. The molecule has 0 aliphatic carbocycles. The van der Waals surface area contributed by atoms with Gasteiger partial charge >= 0.3 is 10.4 Å². The van der Waals surface area contributed by atoms with Gasteiger partial charge in [0, 0.05) is 22.1 Å². The lowest BCUT2D eigenvalue weighted by atomic mass is 10.1. The minimum Gasteiger partial charge on any atom is -0.505 e.